The number of hydrogen-bond acceptors (Lipinski definition) is 2. The van der Waals surface area contributed by atoms with Gasteiger partial charge in [0, 0.05) is 20.1 Å². The van der Waals surface area contributed by atoms with Crippen LogP contribution in [0.1, 0.15) is 11.5 Å². The van der Waals surface area contributed by atoms with Crippen molar-refractivity contribution in [3.05, 3.63) is 48.6 Å². The Bertz CT molecular complexity index is 354. The fraction of sp³-hybridized carbons (Fsp3) is 0.308. The first-order valence-electron chi connectivity index (χ1n) is 5.31. The minimum absolute atomic E-state index is 0. The number of carbonyl (C=O) groups is 1. The largest absolute Gasteiger partial charge is 0.341 e. The molecule has 0 fully saturated rings. The van der Waals surface area contributed by atoms with Crippen molar-refractivity contribution in [3.63, 3.8) is 0 Å². The number of nitrogens with zero attached hydrogens (tertiary/aromatic N) is 1. The summed E-state index contributed by atoms with van der Waals surface area (Å²) in [5.41, 5.74) is 6.63. The molecule has 94 valence electrons. The van der Waals surface area contributed by atoms with Crippen molar-refractivity contribution >= 4 is 18.3 Å². The van der Waals surface area contributed by atoms with Crippen molar-refractivity contribution in [2.24, 2.45) is 5.73 Å². The van der Waals surface area contributed by atoms with Gasteiger partial charge in [-0.1, -0.05) is 36.4 Å². The SMILES string of the molecule is C=CCN(C)C(=O)C(CN)c1ccccc1.Cl. The quantitative estimate of drug-likeness (QED) is 0.815. The van der Waals surface area contributed by atoms with Crippen LogP contribution in [0.5, 0.6) is 0 Å². The van der Waals surface area contributed by atoms with E-state index in [1.807, 2.05) is 30.3 Å². The third-order valence-corrected chi connectivity index (χ3v) is 2.51. The molecule has 1 aromatic carbocycles. The standard InChI is InChI=1S/C13H18N2O.ClH/c1-3-9-15(2)13(16)12(10-14)11-7-5-4-6-8-11;/h3-8,12H,1,9-10,14H2,2H3;1H. The van der Waals surface area contributed by atoms with Gasteiger partial charge in [0.25, 0.3) is 0 Å². The molecular weight excluding hydrogens is 236 g/mol. The Morgan fingerprint density at radius 2 is 2.06 bits per heavy atom. The van der Waals surface area contributed by atoms with Gasteiger partial charge in [0.15, 0.2) is 0 Å². The third kappa shape index (κ3) is 4.21. The van der Waals surface area contributed by atoms with Crippen molar-refractivity contribution in [2.75, 3.05) is 20.1 Å². The summed E-state index contributed by atoms with van der Waals surface area (Å²) in [6.07, 6.45) is 1.70. The molecule has 0 saturated carbocycles. The Morgan fingerprint density at radius 1 is 1.47 bits per heavy atom. The van der Waals surface area contributed by atoms with E-state index < -0.39 is 0 Å². The molecule has 1 unspecified atom stereocenters. The molecule has 0 spiro atoms. The molecule has 0 heterocycles. The zero-order valence-corrected chi connectivity index (χ0v) is 10.8. The van der Waals surface area contributed by atoms with E-state index in [1.54, 1.807) is 18.0 Å². The summed E-state index contributed by atoms with van der Waals surface area (Å²) in [5.74, 6) is -0.222. The van der Waals surface area contributed by atoms with Crippen molar-refractivity contribution in [2.45, 2.75) is 5.92 Å². The maximum Gasteiger partial charge on any atom is 0.231 e. The van der Waals surface area contributed by atoms with Gasteiger partial charge in [0.05, 0.1) is 5.92 Å². The van der Waals surface area contributed by atoms with Crippen LogP contribution >= 0.6 is 12.4 Å². The molecule has 1 aromatic rings. The molecule has 4 heteroatoms. The minimum Gasteiger partial charge on any atom is -0.341 e. The third-order valence-electron chi connectivity index (χ3n) is 2.51. The number of amides is 1. The van der Waals surface area contributed by atoms with Gasteiger partial charge < -0.3 is 10.6 Å². The molecule has 0 aliphatic rings. The van der Waals surface area contributed by atoms with Crippen LogP contribution in [-0.4, -0.2) is 30.9 Å². The molecule has 1 amide bonds. The van der Waals surface area contributed by atoms with Crippen molar-refractivity contribution in [3.8, 4) is 0 Å². The number of likely N-dealkylation sites (N-methyl/N-ethyl adjacent to an activating group) is 1. The molecule has 17 heavy (non-hydrogen) atoms. The number of carbonyl (C=O) groups excluding carboxylic acids is 1. The summed E-state index contributed by atoms with van der Waals surface area (Å²) < 4.78 is 0. The summed E-state index contributed by atoms with van der Waals surface area (Å²) in [4.78, 5) is 13.7. The summed E-state index contributed by atoms with van der Waals surface area (Å²) in [7, 11) is 1.76. The van der Waals surface area contributed by atoms with E-state index >= 15 is 0 Å². The topological polar surface area (TPSA) is 46.3 Å². The van der Waals surface area contributed by atoms with E-state index in [1.165, 1.54) is 0 Å². The van der Waals surface area contributed by atoms with Crippen molar-refractivity contribution in [1.82, 2.24) is 4.90 Å². The molecule has 0 radical (unpaired) electrons. The average molecular weight is 255 g/mol. The highest BCUT2D eigenvalue weighted by Gasteiger charge is 2.21. The minimum atomic E-state index is -0.258. The van der Waals surface area contributed by atoms with Crippen LogP contribution in [0, 0.1) is 0 Å². The number of rotatable bonds is 5. The zero-order chi connectivity index (χ0) is 12.0. The van der Waals surface area contributed by atoms with Crippen molar-refractivity contribution in [1.29, 1.82) is 0 Å². The first-order chi connectivity index (χ1) is 7.70. The Labute approximate surface area is 109 Å². The highest BCUT2D eigenvalue weighted by atomic mass is 35.5. The van der Waals surface area contributed by atoms with Gasteiger partial charge in [0.2, 0.25) is 5.91 Å². The maximum absolute atomic E-state index is 12.1. The summed E-state index contributed by atoms with van der Waals surface area (Å²) in [6.45, 7) is 4.48. The molecule has 1 rings (SSSR count). The molecule has 0 aromatic heterocycles. The van der Waals surface area contributed by atoms with Crippen molar-refractivity contribution < 1.29 is 4.79 Å². The van der Waals surface area contributed by atoms with E-state index in [4.69, 9.17) is 5.73 Å². The predicted molar refractivity (Wildman–Crippen MR) is 73.3 cm³/mol. The van der Waals surface area contributed by atoms with E-state index in [0.29, 0.717) is 13.1 Å². The number of benzene rings is 1. The van der Waals surface area contributed by atoms with Crippen LogP contribution in [-0.2, 0) is 4.79 Å². The maximum atomic E-state index is 12.1. The Hall–Kier alpha value is -1.32. The van der Waals surface area contributed by atoms with Gasteiger partial charge in [-0.05, 0) is 5.56 Å². The second-order valence-corrected chi connectivity index (χ2v) is 3.71. The van der Waals surface area contributed by atoms with Crippen LogP contribution in [0.4, 0.5) is 0 Å². The summed E-state index contributed by atoms with van der Waals surface area (Å²) in [5, 5.41) is 0. The first-order valence-corrected chi connectivity index (χ1v) is 5.31. The van der Waals surface area contributed by atoms with Crippen LogP contribution < -0.4 is 5.73 Å². The predicted octanol–water partition coefficient (Wildman–Crippen LogP) is 1.80. The molecule has 0 bridgehead atoms. The number of nitrogens with two attached hydrogens (primary N) is 1. The fourth-order valence-corrected chi connectivity index (χ4v) is 1.61. The lowest BCUT2D eigenvalue weighted by Crippen LogP contribution is -2.35. The van der Waals surface area contributed by atoms with E-state index in [-0.39, 0.29) is 24.2 Å². The van der Waals surface area contributed by atoms with E-state index in [2.05, 4.69) is 6.58 Å². The van der Waals surface area contributed by atoms with Gasteiger partial charge in [-0.15, -0.1) is 19.0 Å². The smallest absolute Gasteiger partial charge is 0.231 e. The first kappa shape index (κ1) is 15.7. The van der Waals surface area contributed by atoms with Gasteiger partial charge in [-0.3, -0.25) is 4.79 Å². The lowest BCUT2D eigenvalue weighted by Gasteiger charge is -2.21. The van der Waals surface area contributed by atoms with E-state index in [9.17, 15) is 4.79 Å². The van der Waals surface area contributed by atoms with Gasteiger partial charge in [-0.2, -0.15) is 0 Å². The fourth-order valence-electron chi connectivity index (χ4n) is 1.61. The molecular formula is C13H19ClN2O. The van der Waals surface area contributed by atoms with Crippen LogP contribution in [0.2, 0.25) is 0 Å². The zero-order valence-electron chi connectivity index (χ0n) is 10.0. The van der Waals surface area contributed by atoms with E-state index in [0.717, 1.165) is 5.56 Å². The van der Waals surface area contributed by atoms with Gasteiger partial charge in [-0.25, -0.2) is 0 Å². The highest BCUT2D eigenvalue weighted by Crippen LogP contribution is 2.16. The highest BCUT2D eigenvalue weighted by molar-refractivity contribution is 5.85. The Morgan fingerprint density at radius 3 is 2.53 bits per heavy atom. The second kappa shape index (κ2) is 7.87. The van der Waals surface area contributed by atoms with Crippen LogP contribution in [0.25, 0.3) is 0 Å². The van der Waals surface area contributed by atoms with Crippen LogP contribution in [0.3, 0.4) is 0 Å². The van der Waals surface area contributed by atoms with Crippen LogP contribution in [0.15, 0.2) is 43.0 Å². The summed E-state index contributed by atoms with van der Waals surface area (Å²) >= 11 is 0. The molecule has 0 saturated heterocycles. The monoisotopic (exact) mass is 254 g/mol. The Balaban J connectivity index is 0.00000256. The summed E-state index contributed by atoms with van der Waals surface area (Å²) in [6, 6.07) is 9.61. The Kier molecular flexibility index (Phi) is 7.26. The lowest BCUT2D eigenvalue weighted by molar-refractivity contribution is -0.130. The number of halogens is 1. The molecule has 0 aliphatic heterocycles. The molecule has 3 nitrogen and oxygen atoms in total. The number of hydrogen-bond donors (Lipinski definition) is 1. The average Bonchev–Trinajstić information content (AvgIpc) is 2.31. The van der Waals surface area contributed by atoms with Gasteiger partial charge >= 0.3 is 0 Å². The van der Waals surface area contributed by atoms with Gasteiger partial charge in [0.1, 0.15) is 0 Å². The molecule has 2 N–H and O–H groups in total. The molecule has 1 atom stereocenters. The molecule has 0 aliphatic carbocycles. The second-order valence-electron chi connectivity index (χ2n) is 3.71. The lowest BCUT2D eigenvalue weighted by atomic mass is 9.98. The normalized spacial score (nSPS) is 11.2.